The number of nitrogens with one attached hydrogen (secondary N) is 1. The molecule has 1 aromatic heterocycles. The van der Waals surface area contributed by atoms with Crippen LogP contribution in [0.25, 0.3) is 0 Å². The number of amides is 2. The molecule has 1 atom stereocenters. The van der Waals surface area contributed by atoms with Gasteiger partial charge in [-0.3, -0.25) is 14.5 Å². The summed E-state index contributed by atoms with van der Waals surface area (Å²) < 4.78 is 5.37. The Labute approximate surface area is 177 Å². The Balaban J connectivity index is 1.51. The molecule has 9 heteroatoms. The van der Waals surface area contributed by atoms with Crippen molar-refractivity contribution in [3.8, 4) is 0 Å². The van der Waals surface area contributed by atoms with Crippen molar-refractivity contribution in [3.05, 3.63) is 17.1 Å². The minimum Gasteiger partial charge on any atom is -0.379 e. The molecular formula is C21H32N6O3. The Morgan fingerprint density at radius 1 is 1.13 bits per heavy atom. The fraction of sp³-hybridized carbons (Fsp3) is 0.714. The lowest BCUT2D eigenvalue weighted by atomic mass is 10.00. The third-order valence-corrected chi connectivity index (χ3v) is 6.33. The number of hydrogen-bond acceptors (Lipinski definition) is 7. The smallest absolute Gasteiger partial charge is 0.237 e. The largest absolute Gasteiger partial charge is 0.379 e. The van der Waals surface area contributed by atoms with Crippen molar-refractivity contribution in [2.45, 2.75) is 45.2 Å². The van der Waals surface area contributed by atoms with Crippen molar-refractivity contribution in [2.75, 3.05) is 58.3 Å². The van der Waals surface area contributed by atoms with Gasteiger partial charge in [0.15, 0.2) is 5.82 Å². The molecule has 1 N–H and O–H groups in total. The number of anilines is 1. The number of piperidine rings is 1. The lowest BCUT2D eigenvalue weighted by molar-refractivity contribution is -0.134. The average Bonchev–Trinajstić information content (AvgIpc) is 2.78. The molecule has 2 saturated heterocycles. The van der Waals surface area contributed by atoms with Gasteiger partial charge in [0.05, 0.1) is 38.0 Å². The molecule has 0 aliphatic carbocycles. The van der Waals surface area contributed by atoms with Crippen LogP contribution in [0.5, 0.6) is 0 Å². The highest BCUT2D eigenvalue weighted by Gasteiger charge is 2.32. The van der Waals surface area contributed by atoms with Crippen LogP contribution in [0.4, 0.5) is 5.82 Å². The summed E-state index contributed by atoms with van der Waals surface area (Å²) in [6, 6.07) is -0.0605. The van der Waals surface area contributed by atoms with E-state index in [1.165, 1.54) is 0 Å². The number of carbonyl (C=O) groups excluding carboxylic acids is 2. The van der Waals surface area contributed by atoms with Crippen molar-refractivity contribution in [1.82, 2.24) is 24.7 Å². The number of nitrogens with zero attached hydrogens (tertiary/aromatic N) is 5. The Kier molecular flexibility index (Phi) is 6.48. The van der Waals surface area contributed by atoms with Crippen molar-refractivity contribution in [1.29, 1.82) is 0 Å². The first-order chi connectivity index (χ1) is 14.6. The van der Waals surface area contributed by atoms with Gasteiger partial charge in [-0.2, -0.15) is 0 Å². The summed E-state index contributed by atoms with van der Waals surface area (Å²) in [7, 11) is 1.85. The monoisotopic (exact) mass is 416 g/mol. The van der Waals surface area contributed by atoms with Crippen molar-refractivity contribution < 1.29 is 14.3 Å². The maximum absolute atomic E-state index is 12.8. The fourth-order valence-electron chi connectivity index (χ4n) is 4.63. The molecule has 0 saturated carbocycles. The summed E-state index contributed by atoms with van der Waals surface area (Å²) in [5.74, 6) is 1.71. The van der Waals surface area contributed by atoms with Crippen LogP contribution in [0.1, 0.15) is 49.3 Å². The molecule has 9 nitrogen and oxygen atoms in total. The first-order valence-electron chi connectivity index (χ1n) is 11.0. The van der Waals surface area contributed by atoms with E-state index in [0.29, 0.717) is 39.3 Å². The maximum atomic E-state index is 12.8. The first kappa shape index (κ1) is 21.0. The summed E-state index contributed by atoms with van der Waals surface area (Å²) in [5.41, 5.74) is 1.99. The molecule has 4 heterocycles. The van der Waals surface area contributed by atoms with E-state index in [9.17, 15) is 9.59 Å². The first-order valence-corrected chi connectivity index (χ1v) is 11.0. The second-order valence-electron chi connectivity index (χ2n) is 8.28. The molecule has 164 valence electrons. The summed E-state index contributed by atoms with van der Waals surface area (Å²) in [4.78, 5) is 40.6. The molecule has 0 aromatic carbocycles. The van der Waals surface area contributed by atoms with E-state index < -0.39 is 0 Å². The van der Waals surface area contributed by atoms with Gasteiger partial charge in [0, 0.05) is 52.1 Å². The van der Waals surface area contributed by atoms with Gasteiger partial charge in [0.25, 0.3) is 0 Å². The summed E-state index contributed by atoms with van der Waals surface area (Å²) >= 11 is 0. The second kappa shape index (κ2) is 9.26. The van der Waals surface area contributed by atoms with Gasteiger partial charge in [-0.05, 0) is 19.3 Å². The number of hydrogen-bond donors (Lipinski definition) is 1. The van der Waals surface area contributed by atoms with E-state index in [0.717, 1.165) is 61.8 Å². The Bertz CT molecular complexity index is 778. The molecule has 3 aliphatic rings. The Morgan fingerprint density at radius 2 is 1.93 bits per heavy atom. The predicted octanol–water partition coefficient (Wildman–Crippen LogP) is 0.809. The summed E-state index contributed by atoms with van der Waals surface area (Å²) in [6.45, 7) is 6.99. The molecule has 3 aliphatic heterocycles. The highest BCUT2D eigenvalue weighted by molar-refractivity contribution is 5.79. The standard InChI is InChI=1S/C21H32N6O3/c1-15(28)27-7-4-3-5-18(27)21-23-17-6-8-26(13-16(17)20(22-2)24-21)19(29)14-25-9-11-30-12-10-25/h18H,3-14H2,1-2H3,(H,22,23,24)/t18-/m1/s1. The van der Waals surface area contributed by atoms with Crippen LogP contribution in [-0.2, 0) is 27.3 Å². The number of morpholine rings is 1. The molecule has 1 aromatic rings. The van der Waals surface area contributed by atoms with Crippen molar-refractivity contribution in [3.63, 3.8) is 0 Å². The van der Waals surface area contributed by atoms with E-state index in [4.69, 9.17) is 14.7 Å². The zero-order chi connectivity index (χ0) is 21.1. The topological polar surface area (TPSA) is 90.9 Å². The number of ether oxygens (including phenoxy) is 1. The lowest BCUT2D eigenvalue weighted by Crippen LogP contribution is -2.46. The zero-order valence-electron chi connectivity index (χ0n) is 18.0. The van der Waals surface area contributed by atoms with Gasteiger partial charge in [0.2, 0.25) is 11.8 Å². The molecule has 4 rings (SSSR count). The highest BCUT2D eigenvalue weighted by Crippen LogP contribution is 2.32. The predicted molar refractivity (Wildman–Crippen MR) is 112 cm³/mol. The van der Waals surface area contributed by atoms with Gasteiger partial charge in [0.1, 0.15) is 5.82 Å². The van der Waals surface area contributed by atoms with E-state index >= 15 is 0 Å². The molecule has 0 unspecified atom stereocenters. The molecule has 2 fully saturated rings. The van der Waals surface area contributed by atoms with Crippen LogP contribution < -0.4 is 5.32 Å². The van der Waals surface area contributed by atoms with E-state index in [1.807, 2.05) is 16.8 Å². The number of likely N-dealkylation sites (tertiary alicyclic amines) is 1. The molecule has 0 radical (unpaired) electrons. The van der Waals surface area contributed by atoms with E-state index in [1.54, 1.807) is 6.92 Å². The van der Waals surface area contributed by atoms with Crippen molar-refractivity contribution in [2.24, 2.45) is 0 Å². The fourth-order valence-corrected chi connectivity index (χ4v) is 4.63. The van der Waals surface area contributed by atoms with Crippen LogP contribution >= 0.6 is 0 Å². The quantitative estimate of drug-likeness (QED) is 0.777. The van der Waals surface area contributed by atoms with Gasteiger partial charge in [-0.25, -0.2) is 9.97 Å². The lowest BCUT2D eigenvalue weighted by Gasteiger charge is -2.36. The molecule has 0 bridgehead atoms. The number of fused-ring (bicyclic) bond motifs is 1. The Hall–Kier alpha value is -2.26. The van der Waals surface area contributed by atoms with Gasteiger partial charge in [-0.15, -0.1) is 0 Å². The highest BCUT2D eigenvalue weighted by atomic mass is 16.5. The summed E-state index contributed by atoms with van der Waals surface area (Å²) in [6.07, 6.45) is 3.71. The molecule has 30 heavy (non-hydrogen) atoms. The third kappa shape index (κ3) is 4.41. The van der Waals surface area contributed by atoms with Gasteiger partial charge >= 0.3 is 0 Å². The van der Waals surface area contributed by atoms with Crippen LogP contribution in [0.15, 0.2) is 0 Å². The van der Waals surface area contributed by atoms with E-state index in [2.05, 4.69) is 10.2 Å². The molecular weight excluding hydrogens is 384 g/mol. The Morgan fingerprint density at radius 3 is 2.67 bits per heavy atom. The van der Waals surface area contributed by atoms with E-state index in [-0.39, 0.29) is 17.9 Å². The SMILES string of the molecule is CNc1nc([C@H]2CCCCN2C(C)=O)nc2c1CN(C(=O)CN1CCOCC1)CC2. The summed E-state index contributed by atoms with van der Waals surface area (Å²) in [5, 5.41) is 3.20. The number of carbonyl (C=O) groups is 2. The molecule has 0 spiro atoms. The number of aromatic nitrogens is 2. The van der Waals surface area contributed by atoms with Gasteiger partial charge < -0.3 is 19.9 Å². The zero-order valence-corrected chi connectivity index (χ0v) is 18.0. The van der Waals surface area contributed by atoms with Crippen LogP contribution in [0.2, 0.25) is 0 Å². The van der Waals surface area contributed by atoms with Crippen molar-refractivity contribution >= 4 is 17.6 Å². The maximum Gasteiger partial charge on any atom is 0.237 e. The minimum atomic E-state index is -0.0605. The normalized spacial score (nSPS) is 22.5. The van der Waals surface area contributed by atoms with Crippen LogP contribution in [0, 0.1) is 0 Å². The van der Waals surface area contributed by atoms with Crippen LogP contribution in [0.3, 0.4) is 0 Å². The third-order valence-electron chi connectivity index (χ3n) is 6.33. The molecule has 2 amide bonds. The number of rotatable bonds is 4. The minimum absolute atomic E-state index is 0.0605. The second-order valence-corrected chi connectivity index (χ2v) is 8.28. The van der Waals surface area contributed by atoms with Crippen LogP contribution in [-0.4, -0.2) is 89.5 Å². The average molecular weight is 417 g/mol. The van der Waals surface area contributed by atoms with Gasteiger partial charge in [-0.1, -0.05) is 0 Å².